The fourth-order valence-electron chi connectivity index (χ4n) is 3.13. The van der Waals surface area contributed by atoms with Gasteiger partial charge >= 0.3 is 0 Å². The van der Waals surface area contributed by atoms with Crippen LogP contribution in [0.2, 0.25) is 0 Å². The zero-order valence-electron chi connectivity index (χ0n) is 15.6. The Balaban J connectivity index is 1.39. The van der Waals surface area contributed by atoms with Crippen molar-refractivity contribution in [2.24, 2.45) is 0 Å². The summed E-state index contributed by atoms with van der Waals surface area (Å²) in [6, 6.07) is 12.0. The number of sulfonamides is 1. The average Bonchev–Trinajstić information content (AvgIpc) is 3.23. The third-order valence-corrected chi connectivity index (χ3v) is 6.62. The maximum absolute atomic E-state index is 13.0. The Morgan fingerprint density at radius 2 is 1.69 bits per heavy atom. The lowest BCUT2D eigenvalue weighted by Crippen LogP contribution is -2.35. The Morgan fingerprint density at radius 3 is 2.38 bits per heavy atom. The first-order valence-electron chi connectivity index (χ1n) is 9.34. The van der Waals surface area contributed by atoms with Crippen LogP contribution in [0.5, 0.6) is 5.75 Å². The van der Waals surface area contributed by atoms with Crippen LogP contribution in [0.4, 0.5) is 4.39 Å². The highest BCUT2D eigenvalue weighted by atomic mass is 32.2. The van der Waals surface area contributed by atoms with Crippen molar-refractivity contribution in [3.8, 4) is 17.2 Å². The molecule has 0 atom stereocenters. The molecule has 2 heterocycles. The molecule has 1 aliphatic heterocycles. The molecule has 9 heteroatoms. The molecule has 0 bridgehead atoms. The van der Waals surface area contributed by atoms with Crippen LogP contribution >= 0.6 is 0 Å². The summed E-state index contributed by atoms with van der Waals surface area (Å²) in [4.78, 5) is 4.47. The fraction of sp³-hybridized carbons (Fsp3) is 0.300. The van der Waals surface area contributed by atoms with Crippen LogP contribution in [-0.2, 0) is 16.6 Å². The molecule has 2 aromatic carbocycles. The van der Waals surface area contributed by atoms with Crippen LogP contribution in [0.3, 0.4) is 0 Å². The van der Waals surface area contributed by atoms with E-state index < -0.39 is 10.0 Å². The molecule has 7 nitrogen and oxygen atoms in total. The highest BCUT2D eigenvalue weighted by Crippen LogP contribution is 2.23. The van der Waals surface area contributed by atoms with Gasteiger partial charge in [0.25, 0.3) is 5.89 Å². The predicted octanol–water partition coefficient (Wildman–Crippen LogP) is 3.63. The normalized spacial score (nSPS) is 15.3. The zero-order valence-corrected chi connectivity index (χ0v) is 16.4. The maximum Gasteiger partial charge on any atom is 0.258 e. The molecule has 4 rings (SSSR count). The van der Waals surface area contributed by atoms with E-state index in [1.165, 1.54) is 16.4 Å². The zero-order chi connectivity index (χ0) is 20.3. The molecule has 0 radical (unpaired) electrons. The molecule has 3 aromatic rings. The first-order chi connectivity index (χ1) is 14.0. The van der Waals surface area contributed by atoms with Crippen molar-refractivity contribution in [1.82, 2.24) is 14.4 Å². The third kappa shape index (κ3) is 4.46. The van der Waals surface area contributed by atoms with Gasteiger partial charge in [0.15, 0.2) is 6.61 Å². The number of ether oxygens (including phenoxy) is 1. The molecule has 0 unspecified atom stereocenters. The van der Waals surface area contributed by atoms with Gasteiger partial charge in [0.1, 0.15) is 11.6 Å². The molecule has 0 N–H and O–H groups in total. The second-order valence-electron chi connectivity index (χ2n) is 6.75. The van der Waals surface area contributed by atoms with Gasteiger partial charge in [-0.3, -0.25) is 0 Å². The molecule has 1 saturated heterocycles. The number of hydrogen-bond acceptors (Lipinski definition) is 6. The van der Waals surface area contributed by atoms with Gasteiger partial charge in [0, 0.05) is 18.7 Å². The number of halogens is 1. The van der Waals surface area contributed by atoms with Crippen LogP contribution in [0.15, 0.2) is 57.9 Å². The minimum Gasteiger partial charge on any atom is -0.485 e. The van der Waals surface area contributed by atoms with Crippen molar-refractivity contribution in [2.75, 3.05) is 13.1 Å². The van der Waals surface area contributed by atoms with E-state index in [1.54, 1.807) is 36.4 Å². The summed E-state index contributed by atoms with van der Waals surface area (Å²) in [5, 5.41) is 3.84. The third-order valence-electron chi connectivity index (χ3n) is 4.70. The fourth-order valence-corrected chi connectivity index (χ4v) is 4.65. The van der Waals surface area contributed by atoms with E-state index in [9.17, 15) is 12.8 Å². The van der Waals surface area contributed by atoms with Crippen molar-refractivity contribution >= 4 is 10.0 Å². The van der Waals surface area contributed by atoms with Crippen LogP contribution in [0.25, 0.3) is 11.5 Å². The van der Waals surface area contributed by atoms with Gasteiger partial charge < -0.3 is 9.26 Å². The summed E-state index contributed by atoms with van der Waals surface area (Å²) in [5.41, 5.74) is 0.609. The summed E-state index contributed by atoms with van der Waals surface area (Å²) < 4.78 is 50.6. The average molecular weight is 417 g/mol. The van der Waals surface area contributed by atoms with Crippen molar-refractivity contribution in [3.05, 3.63) is 60.2 Å². The number of nitrogens with zero attached hydrogens (tertiary/aromatic N) is 3. The molecule has 152 valence electrons. The van der Waals surface area contributed by atoms with Crippen molar-refractivity contribution in [1.29, 1.82) is 0 Å². The Kier molecular flexibility index (Phi) is 5.59. The van der Waals surface area contributed by atoms with Gasteiger partial charge in [-0.05, 0) is 61.4 Å². The standard InChI is InChI=1S/C20H20FN3O4S/c21-16-6-4-15(5-7-16)20-22-19(23-28-20)14-27-17-8-10-18(11-9-17)29(25,26)24-12-2-1-3-13-24/h4-11H,1-3,12-14H2. The molecule has 1 fully saturated rings. The number of piperidine rings is 1. The van der Waals surface area contributed by atoms with E-state index in [4.69, 9.17) is 9.26 Å². The highest BCUT2D eigenvalue weighted by molar-refractivity contribution is 7.89. The molecule has 29 heavy (non-hydrogen) atoms. The van der Waals surface area contributed by atoms with Gasteiger partial charge in [-0.2, -0.15) is 9.29 Å². The summed E-state index contributed by atoms with van der Waals surface area (Å²) >= 11 is 0. The summed E-state index contributed by atoms with van der Waals surface area (Å²) in [6.45, 7) is 1.19. The minimum absolute atomic E-state index is 0.0584. The van der Waals surface area contributed by atoms with Crippen molar-refractivity contribution in [3.63, 3.8) is 0 Å². The van der Waals surface area contributed by atoms with Gasteiger partial charge in [-0.15, -0.1) is 0 Å². The quantitative estimate of drug-likeness (QED) is 0.609. The van der Waals surface area contributed by atoms with E-state index in [0.29, 0.717) is 30.2 Å². The van der Waals surface area contributed by atoms with Gasteiger partial charge in [0.2, 0.25) is 15.8 Å². The lowest BCUT2D eigenvalue weighted by atomic mass is 10.2. The summed E-state index contributed by atoms with van der Waals surface area (Å²) in [6.07, 6.45) is 2.85. The lowest BCUT2D eigenvalue weighted by molar-refractivity contribution is 0.287. The van der Waals surface area contributed by atoms with E-state index in [0.717, 1.165) is 19.3 Å². The number of rotatable bonds is 6. The van der Waals surface area contributed by atoms with E-state index in [1.807, 2.05) is 0 Å². The summed E-state index contributed by atoms with van der Waals surface area (Å²) in [5.74, 6) is 0.749. The van der Waals surface area contributed by atoms with Crippen molar-refractivity contribution in [2.45, 2.75) is 30.8 Å². The Hall–Kier alpha value is -2.78. The molecule has 1 aromatic heterocycles. The van der Waals surface area contributed by atoms with Crippen LogP contribution in [-0.4, -0.2) is 36.0 Å². The Morgan fingerprint density at radius 1 is 1.00 bits per heavy atom. The molecule has 0 aliphatic carbocycles. The van der Waals surface area contributed by atoms with Crippen LogP contribution < -0.4 is 4.74 Å². The number of benzene rings is 2. The Bertz CT molecular complexity index is 1060. The predicted molar refractivity (Wildman–Crippen MR) is 103 cm³/mol. The lowest BCUT2D eigenvalue weighted by Gasteiger charge is -2.25. The number of aromatic nitrogens is 2. The van der Waals surface area contributed by atoms with E-state index >= 15 is 0 Å². The smallest absolute Gasteiger partial charge is 0.258 e. The second-order valence-corrected chi connectivity index (χ2v) is 8.69. The molecular weight excluding hydrogens is 397 g/mol. The van der Waals surface area contributed by atoms with Gasteiger partial charge in [0.05, 0.1) is 4.90 Å². The first-order valence-corrected chi connectivity index (χ1v) is 10.8. The second kappa shape index (κ2) is 8.30. The monoisotopic (exact) mass is 417 g/mol. The SMILES string of the molecule is O=S(=O)(c1ccc(OCc2noc(-c3ccc(F)cc3)n2)cc1)N1CCCCC1. The van der Waals surface area contributed by atoms with E-state index in [2.05, 4.69) is 10.1 Å². The molecule has 0 spiro atoms. The topological polar surface area (TPSA) is 85.5 Å². The van der Waals surface area contributed by atoms with Crippen LogP contribution in [0, 0.1) is 5.82 Å². The van der Waals surface area contributed by atoms with Gasteiger partial charge in [-0.1, -0.05) is 11.6 Å². The minimum atomic E-state index is -3.46. The maximum atomic E-state index is 13.0. The Labute approximate surface area is 168 Å². The largest absolute Gasteiger partial charge is 0.485 e. The van der Waals surface area contributed by atoms with Crippen molar-refractivity contribution < 1.29 is 22.1 Å². The molecular formula is C20H20FN3O4S. The van der Waals surface area contributed by atoms with Crippen LogP contribution in [0.1, 0.15) is 25.1 Å². The highest BCUT2D eigenvalue weighted by Gasteiger charge is 2.25. The summed E-state index contributed by atoms with van der Waals surface area (Å²) in [7, 11) is -3.46. The number of hydrogen-bond donors (Lipinski definition) is 0. The first kappa shape index (κ1) is 19.5. The van der Waals surface area contributed by atoms with E-state index in [-0.39, 0.29) is 23.2 Å². The molecule has 0 amide bonds. The molecule has 1 aliphatic rings. The molecule has 0 saturated carbocycles. The van der Waals surface area contributed by atoms with Gasteiger partial charge in [-0.25, -0.2) is 12.8 Å².